The Labute approximate surface area is 178 Å². The van der Waals surface area contributed by atoms with Crippen molar-refractivity contribution in [3.05, 3.63) is 67.9 Å². The highest BCUT2D eigenvalue weighted by atomic mass is 35.5. The molecule has 0 saturated carbocycles. The van der Waals surface area contributed by atoms with Gasteiger partial charge in [0.25, 0.3) is 5.91 Å². The summed E-state index contributed by atoms with van der Waals surface area (Å²) in [5, 5.41) is 23.7. The average molecular weight is 454 g/mol. The maximum absolute atomic E-state index is 12.1. The number of nitrogens with zero attached hydrogens (tertiary/aromatic N) is 5. The fraction of sp³-hybridized carbons (Fsp3) is 0.188. The Kier molecular flexibility index (Phi) is 6.59. The van der Waals surface area contributed by atoms with Crippen LogP contribution < -0.4 is 10.6 Å². The Bertz CT molecular complexity index is 1100. The van der Waals surface area contributed by atoms with Crippen LogP contribution in [0.25, 0.3) is 0 Å². The molecule has 30 heavy (non-hydrogen) atoms. The van der Waals surface area contributed by atoms with Crippen molar-refractivity contribution >= 4 is 40.8 Å². The predicted octanol–water partition coefficient (Wildman–Crippen LogP) is 1.69. The van der Waals surface area contributed by atoms with Gasteiger partial charge in [-0.25, -0.2) is 0 Å². The number of amides is 2. The zero-order valence-corrected chi connectivity index (χ0v) is 16.6. The number of nitrogens with one attached hydrogen (secondary N) is 2. The minimum atomic E-state index is -0.640. The number of hydrogen-bond acceptors (Lipinski definition) is 8. The van der Waals surface area contributed by atoms with E-state index in [0.717, 1.165) is 0 Å². The summed E-state index contributed by atoms with van der Waals surface area (Å²) in [6.07, 6.45) is 1.38. The lowest BCUT2D eigenvalue weighted by Crippen LogP contribution is -2.34. The van der Waals surface area contributed by atoms with E-state index in [9.17, 15) is 19.7 Å². The van der Waals surface area contributed by atoms with Crippen LogP contribution >= 0.6 is 23.2 Å². The summed E-state index contributed by atoms with van der Waals surface area (Å²) in [6, 6.07) is 5.71. The van der Waals surface area contributed by atoms with Gasteiger partial charge in [0, 0.05) is 18.1 Å². The van der Waals surface area contributed by atoms with Gasteiger partial charge < -0.3 is 25.3 Å². The van der Waals surface area contributed by atoms with Gasteiger partial charge in [0.2, 0.25) is 0 Å². The first kappa shape index (κ1) is 21.2. The fourth-order valence-corrected chi connectivity index (χ4v) is 2.78. The molecule has 0 aliphatic carbocycles. The van der Waals surface area contributed by atoms with Gasteiger partial charge >= 0.3 is 17.6 Å². The maximum Gasteiger partial charge on any atom is 0.389 e. The van der Waals surface area contributed by atoms with Crippen molar-refractivity contribution in [3.8, 4) is 0 Å². The SMILES string of the molecule is O=C(NCCNC(=O)c1ccc(Cl)cc1Cl)c1nc(Cn2ccc([N+](=O)[O-])n2)no1. The van der Waals surface area contributed by atoms with Crippen molar-refractivity contribution < 1.29 is 19.0 Å². The zero-order valence-electron chi connectivity index (χ0n) is 15.0. The van der Waals surface area contributed by atoms with Crippen LogP contribution in [0.5, 0.6) is 0 Å². The number of carbonyl (C=O) groups is 2. The van der Waals surface area contributed by atoms with Crippen molar-refractivity contribution in [2.45, 2.75) is 6.54 Å². The third-order valence-corrected chi connectivity index (χ3v) is 4.20. The van der Waals surface area contributed by atoms with Crippen LogP contribution in [-0.2, 0) is 6.54 Å². The van der Waals surface area contributed by atoms with E-state index in [2.05, 4.69) is 25.9 Å². The Hall–Kier alpha value is -3.51. The van der Waals surface area contributed by atoms with E-state index in [1.165, 1.54) is 29.1 Å². The molecule has 0 bridgehead atoms. The molecule has 3 aromatic rings. The third-order valence-electron chi connectivity index (χ3n) is 3.65. The van der Waals surface area contributed by atoms with Crippen LogP contribution in [0.2, 0.25) is 10.0 Å². The molecule has 0 aliphatic heterocycles. The molecule has 0 radical (unpaired) electrons. The van der Waals surface area contributed by atoms with Crippen LogP contribution in [0.3, 0.4) is 0 Å². The summed E-state index contributed by atoms with van der Waals surface area (Å²) in [7, 11) is 0. The number of carbonyl (C=O) groups excluding carboxylic acids is 2. The van der Waals surface area contributed by atoms with E-state index in [1.807, 2.05) is 0 Å². The van der Waals surface area contributed by atoms with E-state index in [1.54, 1.807) is 6.07 Å². The summed E-state index contributed by atoms with van der Waals surface area (Å²) in [4.78, 5) is 38.0. The minimum absolute atomic E-state index is 0.0114. The molecule has 156 valence electrons. The second-order valence-electron chi connectivity index (χ2n) is 5.78. The molecule has 1 aromatic carbocycles. The molecule has 0 fully saturated rings. The fourth-order valence-electron chi connectivity index (χ4n) is 2.29. The van der Waals surface area contributed by atoms with Crippen molar-refractivity contribution in [1.82, 2.24) is 30.6 Å². The minimum Gasteiger partial charge on any atom is -0.358 e. The van der Waals surface area contributed by atoms with E-state index in [4.69, 9.17) is 27.7 Å². The number of rotatable bonds is 8. The highest BCUT2D eigenvalue weighted by Gasteiger charge is 2.18. The first-order valence-corrected chi connectivity index (χ1v) is 9.11. The summed E-state index contributed by atoms with van der Waals surface area (Å²) >= 11 is 11.7. The lowest BCUT2D eigenvalue weighted by atomic mass is 10.2. The quantitative estimate of drug-likeness (QED) is 0.296. The van der Waals surface area contributed by atoms with Gasteiger partial charge in [-0.05, 0) is 23.1 Å². The van der Waals surface area contributed by atoms with Crippen molar-refractivity contribution in [3.63, 3.8) is 0 Å². The number of halogens is 2. The Morgan fingerprint density at radius 2 is 1.90 bits per heavy atom. The highest BCUT2D eigenvalue weighted by Crippen LogP contribution is 2.20. The standard InChI is InChI=1S/C16H13Cl2N7O5/c17-9-1-2-10(11(18)7-9)14(26)19-4-5-20-15(27)16-21-12(23-30-16)8-24-6-3-13(22-24)25(28)29/h1-3,6-7H,4-5,8H2,(H,19,26)(H,20,27). The molecule has 2 N–H and O–H groups in total. The molecule has 0 unspecified atom stereocenters. The lowest BCUT2D eigenvalue weighted by Gasteiger charge is -2.07. The van der Waals surface area contributed by atoms with Gasteiger partial charge in [-0.15, -0.1) is 0 Å². The summed E-state index contributed by atoms with van der Waals surface area (Å²) in [6.45, 7) is 0.211. The van der Waals surface area contributed by atoms with E-state index in [0.29, 0.717) is 5.02 Å². The van der Waals surface area contributed by atoms with Crippen LogP contribution in [0.1, 0.15) is 26.9 Å². The molecular weight excluding hydrogens is 441 g/mol. The molecule has 0 atom stereocenters. The van der Waals surface area contributed by atoms with Gasteiger partial charge in [-0.2, -0.15) is 9.67 Å². The second-order valence-corrected chi connectivity index (χ2v) is 6.62. The van der Waals surface area contributed by atoms with Crippen LogP contribution in [0, 0.1) is 10.1 Å². The molecule has 0 spiro atoms. The average Bonchev–Trinajstić information content (AvgIpc) is 3.35. The monoisotopic (exact) mass is 453 g/mol. The van der Waals surface area contributed by atoms with Crippen molar-refractivity contribution in [2.75, 3.05) is 13.1 Å². The summed E-state index contributed by atoms with van der Waals surface area (Å²) in [5.74, 6) is -1.56. The van der Waals surface area contributed by atoms with Crippen molar-refractivity contribution in [2.24, 2.45) is 0 Å². The number of benzene rings is 1. The van der Waals surface area contributed by atoms with Gasteiger partial charge in [0.1, 0.15) is 6.54 Å². The van der Waals surface area contributed by atoms with Gasteiger partial charge in [0.05, 0.1) is 27.9 Å². The molecule has 3 rings (SSSR count). The highest BCUT2D eigenvalue weighted by molar-refractivity contribution is 6.36. The van der Waals surface area contributed by atoms with E-state index < -0.39 is 16.7 Å². The first-order valence-electron chi connectivity index (χ1n) is 8.35. The van der Waals surface area contributed by atoms with Crippen LogP contribution in [0.15, 0.2) is 35.0 Å². The number of nitro groups is 1. The molecule has 0 aliphatic rings. The van der Waals surface area contributed by atoms with E-state index in [-0.39, 0.29) is 47.8 Å². The van der Waals surface area contributed by atoms with Gasteiger partial charge in [-0.1, -0.05) is 28.4 Å². The first-order chi connectivity index (χ1) is 14.3. The van der Waals surface area contributed by atoms with Crippen LogP contribution in [-0.4, -0.2) is 49.7 Å². The predicted molar refractivity (Wildman–Crippen MR) is 103 cm³/mol. The van der Waals surface area contributed by atoms with Gasteiger partial charge in [-0.3, -0.25) is 9.59 Å². The lowest BCUT2D eigenvalue weighted by molar-refractivity contribution is -0.389. The largest absolute Gasteiger partial charge is 0.389 e. The summed E-state index contributed by atoms with van der Waals surface area (Å²) < 4.78 is 6.10. The molecule has 2 aromatic heterocycles. The normalized spacial score (nSPS) is 10.6. The number of hydrogen-bond donors (Lipinski definition) is 2. The zero-order chi connectivity index (χ0) is 21.7. The molecule has 2 amide bonds. The molecule has 12 nitrogen and oxygen atoms in total. The maximum atomic E-state index is 12.1. The Morgan fingerprint density at radius 1 is 1.17 bits per heavy atom. The second kappa shape index (κ2) is 9.33. The topological polar surface area (TPSA) is 158 Å². The van der Waals surface area contributed by atoms with Crippen LogP contribution in [0.4, 0.5) is 5.82 Å². The smallest absolute Gasteiger partial charge is 0.358 e. The molecular formula is C16H13Cl2N7O5. The van der Waals surface area contributed by atoms with Crippen molar-refractivity contribution in [1.29, 1.82) is 0 Å². The third kappa shape index (κ3) is 5.30. The Balaban J connectivity index is 1.46. The van der Waals surface area contributed by atoms with Gasteiger partial charge in [0.15, 0.2) is 5.82 Å². The molecule has 14 heteroatoms. The number of aromatic nitrogens is 4. The molecule has 0 saturated heterocycles. The Morgan fingerprint density at radius 3 is 2.57 bits per heavy atom. The molecule has 2 heterocycles. The summed E-state index contributed by atoms with van der Waals surface area (Å²) in [5.41, 5.74) is 0.257. The van der Waals surface area contributed by atoms with E-state index >= 15 is 0 Å².